The van der Waals surface area contributed by atoms with Gasteiger partial charge in [0.25, 0.3) is 5.89 Å². The van der Waals surface area contributed by atoms with Gasteiger partial charge in [-0.2, -0.15) is 9.29 Å². The fraction of sp³-hybridized carbons (Fsp3) is 0.529. The van der Waals surface area contributed by atoms with Crippen LogP contribution in [0.5, 0.6) is 5.75 Å². The van der Waals surface area contributed by atoms with Crippen LogP contribution in [0.15, 0.2) is 27.6 Å². The first kappa shape index (κ1) is 17.4. The minimum absolute atomic E-state index is 0.0464. The molecule has 0 amide bonds. The average molecular weight is 379 g/mol. The zero-order valence-electron chi connectivity index (χ0n) is 14.7. The lowest BCUT2D eigenvalue weighted by Gasteiger charge is -2.20. The molecule has 2 aromatic rings. The Kier molecular flexibility index (Phi) is 4.05. The van der Waals surface area contributed by atoms with E-state index in [4.69, 9.17) is 9.26 Å². The summed E-state index contributed by atoms with van der Waals surface area (Å²) < 4.78 is 38.0. The molecule has 0 radical (unpaired) electrons. The SMILES string of the molecule is CCc1noc([C@@]2(O)CCN(S(=O)(=O)c3ccc4c(c3)C[C@H](C)O4)C2)n1. The highest BCUT2D eigenvalue weighted by Crippen LogP contribution is 2.36. The summed E-state index contributed by atoms with van der Waals surface area (Å²) in [5.74, 6) is 1.29. The molecule has 2 atom stereocenters. The van der Waals surface area contributed by atoms with E-state index in [1.165, 1.54) is 4.31 Å². The summed E-state index contributed by atoms with van der Waals surface area (Å²) >= 11 is 0. The van der Waals surface area contributed by atoms with Gasteiger partial charge in [-0.05, 0) is 30.7 Å². The van der Waals surface area contributed by atoms with Crippen LogP contribution in [0.2, 0.25) is 0 Å². The molecule has 1 aromatic carbocycles. The number of hydrogen-bond donors (Lipinski definition) is 1. The van der Waals surface area contributed by atoms with E-state index in [1.54, 1.807) is 18.2 Å². The van der Waals surface area contributed by atoms with E-state index in [2.05, 4.69) is 10.1 Å². The van der Waals surface area contributed by atoms with Gasteiger partial charge < -0.3 is 14.4 Å². The van der Waals surface area contributed by atoms with E-state index in [1.807, 2.05) is 13.8 Å². The summed E-state index contributed by atoms with van der Waals surface area (Å²) in [6.07, 6.45) is 1.52. The van der Waals surface area contributed by atoms with Gasteiger partial charge in [-0.15, -0.1) is 0 Å². The Morgan fingerprint density at radius 2 is 2.23 bits per heavy atom. The molecule has 0 unspecified atom stereocenters. The average Bonchev–Trinajstić information content (AvgIpc) is 3.31. The third-order valence-electron chi connectivity index (χ3n) is 4.90. The number of β-amino-alcohol motifs (C(OH)–C–C–N with tert-alkyl or cyclic N) is 1. The van der Waals surface area contributed by atoms with Gasteiger partial charge in [0.1, 0.15) is 11.9 Å². The predicted molar refractivity (Wildman–Crippen MR) is 91.2 cm³/mol. The smallest absolute Gasteiger partial charge is 0.260 e. The van der Waals surface area contributed by atoms with Gasteiger partial charge in [0, 0.05) is 25.8 Å². The van der Waals surface area contributed by atoms with Crippen molar-refractivity contribution in [2.45, 2.75) is 49.7 Å². The Balaban J connectivity index is 1.59. The summed E-state index contributed by atoms with van der Waals surface area (Å²) in [5.41, 5.74) is -0.570. The van der Waals surface area contributed by atoms with Crippen LogP contribution in [0.3, 0.4) is 0 Å². The Hall–Kier alpha value is -1.97. The van der Waals surface area contributed by atoms with Gasteiger partial charge in [0.2, 0.25) is 10.0 Å². The Labute approximate surface area is 151 Å². The molecule has 2 aliphatic heterocycles. The van der Waals surface area contributed by atoms with Crippen molar-refractivity contribution in [1.82, 2.24) is 14.4 Å². The molecule has 8 nitrogen and oxygen atoms in total. The Bertz CT molecular complexity index is 942. The number of ether oxygens (including phenoxy) is 1. The highest BCUT2D eigenvalue weighted by atomic mass is 32.2. The predicted octanol–water partition coefficient (Wildman–Crippen LogP) is 1.24. The number of nitrogens with zero attached hydrogens (tertiary/aromatic N) is 3. The van der Waals surface area contributed by atoms with Crippen molar-refractivity contribution < 1.29 is 22.8 Å². The van der Waals surface area contributed by atoms with Gasteiger partial charge >= 0.3 is 0 Å². The van der Waals surface area contributed by atoms with Crippen molar-refractivity contribution in [2.24, 2.45) is 0 Å². The summed E-state index contributed by atoms with van der Waals surface area (Å²) in [6.45, 7) is 3.91. The van der Waals surface area contributed by atoms with Crippen molar-refractivity contribution in [2.75, 3.05) is 13.1 Å². The highest BCUT2D eigenvalue weighted by Gasteiger charge is 2.46. The minimum atomic E-state index is -3.73. The second-order valence-corrected chi connectivity index (χ2v) is 8.83. The molecule has 9 heteroatoms. The molecule has 0 spiro atoms. The van der Waals surface area contributed by atoms with Crippen LogP contribution in [0.4, 0.5) is 0 Å². The number of benzene rings is 1. The number of hydrogen-bond acceptors (Lipinski definition) is 7. The second-order valence-electron chi connectivity index (χ2n) is 6.89. The molecular weight excluding hydrogens is 358 g/mol. The zero-order valence-corrected chi connectivity index (χ0v) is 15.5. The number of fused-ring (bicyclic) bond motifs is 1. The Morgan fingerprint density at radius 3 is 2.96 bits per heavy atom. The third-order valence-corrected chi connectivity index (χ3v) is 6.74. The first-order valence-electron chi connectivity index (χ1n) is 8.67. The van der Waals surface area contributed by atoms with Gasteiger partial charge in [-0.1, -0.05) is 12.1 Å². The van der Waals surface area contributed by atoms with E-state index in [0.717, 1.165) is 11.3 Å². The van der Waals surface area contributed by atoms with Crippen LogP contribution in [-0.4, -0.2) is 47.2 Å². The van der Waals surface area contributed by atoms with Crippen LogP contribution >= 0.6 is 0 Å². The molecule has 4 rings (SSSR count). The Morgan fingerprint density at radius 1 is 1.42 bits per heavy atom. The maximum absolute atomic E-state index is 13.0. The summed E-state index contributed by atoms with van der Waals surface area (Å²) in [5, 5.41) is 14.6. The van der Waals surface area contributed by atoms with Gasteiger partial charge in [0.15, 0.2) is 11.4 Å². The monoisotopic (exact) mass is 379 g/mol. The lowest BCUT2D eigenvalue weighted by Crippen LogP contribution is -2.34. The molecule has 1 aromatic heterocycles. The molecule has 1 N–H and O–H groups in total. The molecule has 0 saturated carbocycles. The van der Waals surface area contributed by atoms with E-state index in [9.17, 15) is 13.5 Å². The molecule has 2 aliphatic rings. The van der Waals surface area contributed by atoms with Gasteiger partial charge in [-0.25, -0.2) is 8.42 Å². The summed E-state index contributed by atoms with van der Waals surface area (Å²) in [4.78, 5) is 4.37. The second kappa shape index (κ2) is 6.04. The molecule has 1 saturated heterocycles. The van der Waals surface area contributed by atoms with Crippen molar-refractivity contribution in [3.05, 3.63) is 35.5 Å². The van der Waals surface area contributed by atoms with Crippen LogP contribution in [0.1, 0.15) is 37.5 Å². The minimum Gasteiger partial charge on any atom is -0.490 e. The fourth-order valence-electron chi connectivity index (χ4n) is 3.43. The maximum atomic E-state index is 13.0. The largest absolute Gasteiger partial charge is 0.490 e. The van der Waals surface area contributed by atoms with E-state index >= 15 is 0 Å². The van der Waals surface area contributed by atoms with Crippen molar-refractivity contribution in [3.8, 4) is 5.75 Å². The van der Waals surface area contributed by atoms with Crippen LogP contribution in [0.25, 0.3) is 0 Å². The van der Waals surface area contributed by atoms with Crippen molar-refractivity contribution in [1.29, 1.82) is 0 Å². The maximum Gasteiger partial charge on any atom is 0.260 e. The third kappa shape index (κ3) is 2.80. The quantitative estimate of drug-likeness (QED) is 0.852. The molecule has 26 heavy (non-hydrogen) atoms. The van der Waals surface area contributed by atoms with E-state index in [-0.39, 0.29) is 36.4 Å². The van der Waals surface area contributed by atoms with Crippen LogP contribution in [-0.2, 0) is 28.5 Å². The van der Waals surface area contributed by atoms with E-state index in [0.29, 0.717) is 18.7 Å². The van der Waals surface area contributed by atoms with Gasteiger partial charge in [-0.3, -0.25) is 0 Å². The standard InChI is InChI=1S/C17H21N3O5S/c1-3-15-18-16(25-19-15)17(21)6-7-20(10-17)26(22,23)13-4-5-14-12(9-13)8-11(2)24-14/h4-5,9,11,21H,3,6-8,10H2,1-2H3/t11-,17+/m0/s1. The normalized spacial score (nSPS) is 26.0. The zero-order chi connectivity index (χ0) is 18.5. The van der Waals surface area contributed by atoms with Crippen molar-refractivity contribution >= 4 is 10.0 Å². The summed E-state index contributed by atoms with van der Waals surface area (Å²) in [6, 6.07) is 4.90. The number of rotatable bonds is 4. The number of aryl methyl sites for hydroxylation is 1. The highest BCUT2D eigenvalue weighted by molar-refractivity contribution is 7.89. The molecule has 1 fully saturated rings. The summed E-state index contributed by atoms with van der Waals surface area (Å²) in [7, 11) is -3.73. The van der Waals surface area contributed by atoms with E-state index < -0.39 is 15.6 Å². The molecule has 0 bridgehead atoms. The first-order valence-corrected chi connectivity index (χ1v) is 10.1. The molecule has 0 aliphatic carbocycles. The van der Waals surface area contributed by atoms with Crippen LogP contribution in [0, 0.1) is 0 Å². The van der Waals surface area contributed by atoms with Crippen molar-refractivity contribution in [3.63, 3.8) is 0 Å². The fourth-order valence-corrected chi connectivity index (χ4v) is 4.98. The molecule has 140 valence electrons. The molecular formula is C17H21N3O5S. The lowest BCUT2D eigenvalue weighted by molar-refractivity contribution is 0.0194. The topological polar surface area (TPSA) is 106 Å². The van der Waals surface area contributed by atoms with Gasteiger partial charge in [0.05, 0.1) is 11.4 Å². The number of aromatic nitrogens is 2. The first-order chi connectivity index (χ1) is 12.3. The number of aliphatic hydroxyl groups is 1. The lowest BCUT2D eigenvalue weighted by atomic mass is 10.0. The molecule has 3 heterocycles. The van der Waals surface area contributed by atoms with Crippen LogP contribution < -0.4 is 4.74 Å². The number of sulfonamides is 1.